The molecule has 0 radical (unpaired) electrons. The molecule has 0 spiro atoms. The van der Waals surface area contributed by atoms with Gasteiger partial charge in [-0.2, -0.15) is 0 Å². The van der Waals surface area contributed by atoms with Crippen molar-refractivity contribution < 1.29 is 4.92 Å². The first-order valence-corrected chi connectivity index (χ1v) is 8.60. The van der Waals surface area contributed by atoms with Crippen molar-refractivity contribution in [3.63, 3.8) is 0 Å². The third kappa shape index (κ3) is 7.45. The second kappa shape index (κ2) is 9.91. The minimum Gasteiger partial charge on any atom is -0.366 e. The molecule has 25 heavy (non-hydrogen) atoms. The summed E-state index contributed by atoms with van der Waals surface area (Å²) >= 11 is 11.9. The van der Waals surface area contributed by atoms with Gasteiger partial charge in [0.25, 0.3) is 6.20 Å². The van der Waals surface area contributed by atoms with E-state index in [0.29, 0.717) is 41.8 Å². The minimum atomic E-state index is -0.478. The van der Waals surface area contributed by atoms with Gasteiger partial charge in [-0.05, 0) is 48.2 Å². The molecule has 2 aromatic rings. The summed E-state index contributed by atoms with van der Waals surface area (Å²) in [4.78, 5) is 10.3. The first-order chi connectivity index (χ1) is 12.0. The Balaban J connectivity index is 1.83. The summed E-state index contributed by atoms with van der Waals surface area (Å²) in [6, 6.07) is 15.1. The molecule has 0 aliphatic heterocycles. The van der Waals surface area contributed by atoms with Crippen LogP contribution in [-0.4, -0.2) is 18.0 Å². The highest BCUT2D eigenvalue weighted by molar-refractivity contribution is 6.30. The quantitative estimate of drug-likeness (QED) is 0.509. The average Bonchev–Trinajstić information content (AvgIpc) is 2.54. The van der Waals surface area contributed by atoms with Crippen LogP contribution in [0.4, 0.5) is 0 Å². The number of benzene rings is 2. The highest BCUT2D eigenvalue weighted by atomic mass is 35.5. The number of nitro groups is 1. The van der Waals surface area contributed by atoms with Crippen LogP contribution in [-0.2, 0) is 12.8 Å². The van der Waals surface area contributed by atoms with E-state index in [1.807, 2.05) is 48.5 Å². The Morgan fingerprint density at radius 2 is 1.44 bits per heavy atom. The molecule has 0 aliphatic carbocycles. The van der Waals surface area contributed by atoms with Crippen molar-refractivity contribution in [2.24, 2.45) is 0 Å². The molecular formula is C18H19Cl2N3O2. The molecule has 2 aromatic carbocycles. The van der Waals surface area contributed by atoms with E-state index < -0.39 is 4.92 Å². The largest absolute Gasteiger partial charge is 0.366 e. The second-order valence-electron chi connectivity index (χ2n) is 5.44. The molecule has 7 heteroatoms. The van der Waals surface area contributed by atoms with E-state index in [2.05, 4.69) is 10.6 Å². The standard InChI is InChI=1S/C18H19Cl2N3O2/c19-16-5-1-3-14(11-16)7-9-21-18(13-23(24)25)22-10-8-15-4-2-6-17(20)12-15/h1-6,11-13,21-22H,7-10H2. The Hall–Kier alpha value is -2.24. The Kier molecular flexibility index (Phi) is 7.57. The SMILES string of the molecule is O=[N+]([O-])C=C(NCCc1cccc(Cl)c1)NCCc1cccc(Cl)c1. The summed E-state index contributed by atoms with van der Waals surface area (Å²) in [5.74, 6) is 0.383. The van der Waals surface area contributed by atoms with Crippen molar-refractivity contribution in [1.29, 1.82) is 0 Å². The monoisotopic (exact) mass is 379 g/mol. The molecule has 5 nitrogen and oxygen atoms in total. The normalized spacial score (nSPS) is 10.2. The van der Waals surface area contributed by atoms with Gasteiger partial charge < -0.3 is 10.6 Å². The summed E-state index contributed by atoms with van der Waals surface area (Å²) < 4.78 is 0. The van der Waals surface area contributed by atoms with Crippen LogP contribution in [0.15, 0.2) is 60.6 Å². The van der Waals surface area contributed by atoms with Gasteiger partial charge in [0.05, 0.1) is 4.92 Å². The van der Waals surface area contributed by atoms with Crippen molar-refractivity contribution >= 4 is 23.2 Å². The molecule has 2 N–H and O–H groups in total. The van der Waals surface area contributed by atoms with Crippen LogP contribution < -0.4 is 10.6 Å². The molecule has 0 saturated heterocycles. The number of nitrogens with zero attached hydrogens (tertiary/aromatic N) is 1. The summed E-state index contributed by atoms with van der Waals surface area (Å²) in [6.45, 7) is 1.12. The number of halogens is 2. The van der Waals surface area contributed by atoms with Crippen LogP contribution in [0, 0.1) is 10.1 Å². The maximum Gasteiger partial charge on any atom is 0.274 e. The Morgan fingerprint density at radius 3 is 1.84 bits per heavy atom. The number of rotatable bonds is 9. The molecule has 0 bridgehead atoms. The Labute approximate surface area is 156 Å². The fourth-order valence-corrected chi connectivity index (χ4v) is 2.75. The van der Waals surface area contributed by atoms with Crippen LogP contribution in [0.1, 0.15) is 11.1 Å². The number of hydrogen-bond acceptors (Lipinski definition) is 4. The highest BCUT2D eigenvalue weighted by Gasteiger charge is 2.03. The van der Waals surface area contributed by atoms with Gasteiger partial charge in [0.2, 0.25) is 0 Å². The zero-order chi connectivity index (χ0) is 18.1. The van der Waals surface area contributed by atoms with Gasteiger partial charge in [-0.1, -0.05) is 47.5 Å². The van der Waals surface area contributed by atoms with Gasteiger partial charge in [0.15, 0.2) is 5.82 Å². The fraction of sp³-hybridized carbons (Fsp3) is 0.222. The van der Waals surface area contributed by atoms with E-state index >= 15 is 0 Å². The lowest BCUT2D eigenvalue weighted by Crippen LogP contribution is -2.30. The van der Waals surface area contributed by atoms with Gasteiger partial charge in [0.1, 0.15) is 0 Å². The molecule has 0 unspecified atom stereocenters. The van der Waals surface area contributed by atoms with E-state index in [1.54, 1.807) is 0 Å². The molecule has 0 saturated carbocycles. The lowest BCUT2D eigenvalue weighted by Gasteiger charge is -2.12. The fourth-order valence-electron chi connectivity index (χ4n) is 2.33. The number of nitrogens with one attached hydrogen (secondary N) is 2. The maximum absolute atomic E-state index is 10.8. The van der Waals surface area contributed by atoms with Crippen LogP contribution in [0.5, 0.6) is 0 Å². The van der Waals surface area contributed by atoms with Crippen LogP contribution in [0.25, 0.3) is 0 Å². The van der Waals surface area contributed by atoms with Crippen molar-refractivity contribution in [2.45, 2.75) is 12.8 Å². The second-order valence-corrected chi connectivity index (χ2v) is 6.31. The van der Waals surface area contributed by atoms with Gasteiger partial charge in [0, 0.05) is 23.1 Å². The third-order valence-corrected chi connectivity index (χ3v) is 3.94. The van der Waals surface area contributed by atoms with Gasteiger partial charge in [-0.3, -0.25) is 10.1 Å². The van der Waals surface area contributed by atoms with Crippen molar-refractivity contribution in [3.05, 3.63) is 91.8 Å². The van der Waals surface area contributed by atoms with Gasteiger partial charge >= 0.3 is 0 Å². The summed E-state index contributed by atoms with van der Waals surface area (Å²) in [5.41, 5.74) is 2.14. The Bertz CT molecular complexity index is 697. The summed E-state index contributed by atoms with van der Waals surface area (Å²) in [7, 11) is 0. The van der Waals surface area contributed by atoms with E-state index in [4.69, 9.17) is 23.2 Å². The molecule has 132 valence electrons. The molecule has 0 atom stereocenters. The zero-order valence-electron chi connectivity index (χ0n) is 13.5. The molecule has 0 aromatic heterocycles. The minimum absolute atomic E-state index is 0.383. The molecule has 0 heterocycles. The van der Waals surface area contributed by atoms with Crippen LogP contribution in [0.2, 0.25) is 10.0 Å². The maximum atomic E-state index is 10.8. The summed E-state index contributed by atoms with van der Waals surface area (Å²) in [6.07, 6.45) is 2.37. The predicted octanol–water partition coefficient (Wildman–Crippen LogP) is 4.03. The lowest BCUT2D eigenvalue weighted by atomic mass is 10.1. The molecule has 0 fully saturated rings. The van der Waals surface area contributed by atoms with E-state index in [1.165, 1.54) is 0 Å². The van der Waals surface area contributed by atoms with Crippen LogP contribution in [0.3, 0.4) is 0 Å². The van der Waals surface area contributed by atoms with Crippen LogP contribution >= 0.6 is 23.2 Å². The average molecular weight is 380 g/mol. The van der Waals surface area contributed by atoms with Gasteiger partial charge in [-0.15, -0.1) is 0 Å². The van der Waals surface area contributed by atoms with E-state index in [9.17, 15) is 10.1 Å². The molecular weight excluding hydrogens is 361 g/mol. The van der Waals surface area contributed by atoms with Crippen molar-refractivity contribution in [1.82, 2.24) is 10.6 Å². The molecule has 0 amide bonds. The van der Waals surface area contributed by atoms with Crippen molar-refractivity contribution in [2.75, 3.05) is 13.1 Å². The number of hydrogen-bond donors (Lipinski definition) is 2. The third-order valence-electron chi connectivity index (χ3n) is 3.47. The first kappa shape index (κ1) is 19.1. The summed E-state index contributed by atoms with van der Waals surface area (Å²) in [5, 5.41) is 18.2. The highest BCUT2D eigenvalue weighted by Crippen LogP contribution is 2.11. The van der Waals surface area contributed by atoms with Crippen molar-refractivity contribution in [3.8, 4) is 0 Å². The zero-order valence-corrected chi connectivity index (χ0v) is 15.1. The molecule has 0 aliphatic rings. The topological polar surface area (TPSA) is 67.2 Å². The molecule has 2 rings (SSSR count). The lowest BCUT2D eigenvalue weighted by molar-refractivity contribution is -0.404. The predicted molar refractivity (Wildman–Crippen MR) is 101 cm³/mol. The smallest absolute Gasteiger partial charge is 0.274 e. The first-order valence-electron chi connectivity index (χ1n) is 7.85. The van der Waals surface area contributed by atoms with E-state index in [0.717, 1.165) is 17.3 Å². The Morgan fingerprint density at radius 1 is 0.960 bits per heavy atom. The van der Waals surface area contributed by atoms with E-state index in [-0.39, 0.29) is 0 Å². The van der Waals surface area contributed by atoms with Gasteiger partial charge in [-0.25, -0.2) is 0 Å².